The van der Waals surface area contributed by atoms with Gasteiger partial charge < -0.3 is 0 Å². The summed E-state index contributed by atoms with van der Waals surface area (Å²) in [7, 11) is 0. The molecule has 0 amide bonds. The van der Waals surface area contributed by atoms with Gasteiger partial charge in [-0.25, -0.2) is 0 Å². The number of hydrogen-bond donors (Lipinski definition) is 1. The highest BCUT2D eigenvalue weighted by Gasteiger charge is 2.30. The molecule has 128 valence electrons. The van der Waals surface area contributed by atoms with Gasteiger partial charge in [0.1, 0.15) is 0 Å². The molecule has 1 aliphatic carbocycles. The molecule has 0 bridgehead atoms. The Morgan fingerprint density at radius 1 is 1.21 bits per heavy atom. The molecule has 24 heavy (non-hydrogen) atoms. The van der Waals surface area contributed by atoms with Crippen molar-refractivity contribution in [2.45, 2.75) is 38.4 Å². The molecular formula is C18H19F3N2S. The van der Waals surface area contributed by atoms with Gasteiger partial charge >= 0.3 is 6.18 Å². The number of halogens is 3. The number of aromatic nitrogens is 1. The van der Waals surface area contributed by atoms with Crippen LogP contribution >= 0.6 is 11.9 Å². The number of fused-ring (bicyclic) bond motifs is 1. The summed E-state index contributed by atoms with van der Waals surface area (Å²) in [6.45, 7) is 2.14. The molecule has 2 aromatic rings. The van der Waals surface area contributed by atoms with E-state index < -0.39 is 11.7 Å². The van der Waals surface area contributed by atoms with Gasteiger partial charge in [0.25, 0.3) is 0 Å². The summed E-state index contributed by atoms with van der Waals surface area (Å²) in [5.41, 5.74) is 3.46. The zero-order chi connectivity index (χ0) is 17.2. The van der Waals surface area contributed by atoms with Crippen LogP contribution in [0.3, 0.4) is 0 Å². The highest BCUT2D eigenvalue weighted by atomic mass is 32.2. The summed E-state index contributed by atoms with van der Waals surface area (Å²) in [5, 5.41) is 0. The zero-order valence-corrected chi connectivity index (χ0v) is 14.2. The van der Waals surface area contributed by atoms with Gasteiger partial charge in [-0.2, -0.15) is 13.2 Å². The van der Waals surface area contributed by atoms with Crippen LogP contribution in [0.4, 0.5) is 13.2 Å². The van der Waals surface area contributed by atoms with Gasteiger partial charge in [0.05, 0.1) is 5.56 Å². The Kier molecular flexibility index (Phi) is 5.15. The summed E-state index contributed by atoms with van der Waals surface area (Å²) in [6, 6.07) is 5.60. The molecular weight excluding hydrogens is 333 g/mol. The van der Waals surface area contributed by atoms with Crippen molar-refractivity contribution in [2.24, 2.45) is 0 Å². The number of nitrogens with one attached hydrogen (secondary N) is 1. The molecule has 0 radical (unpaired) electrons. The molecule has 0 fully saturated rings. The van der Waals surface area contributed by atoms with Gasteiger partial charge in [0.15, 0.2) is 0 Å². The van der Waals surface area contributed by atoms with Crippen molar-refractivity contribution in [1.82, 2.24) is 9.71 Å². The minimum absolute atomic E-state index is 0.262. The van der Waals surface area contributed by atoms with E-state index in [0.717, 1.165) is 53.8 Å². The number of alkyl halides is 3. The second kappa shape index (κ2) is 7.15. The minimum Gasteiger partial charge on any atom is -0.264 e. The number of nitrogens with zero attached hydrogens (tertiary/aromatic N) is 1. The van der Waals surface area contributed by atoms with Crippen molar-refractivity contribution in [3.63, 3.8) is 0 Å². The van der Waals surface area contributed by atoms with E-state index in [1.807, 2.05) is 6.20 Å². The standard InChI is InChI=1S/C18H19F3N2S/c1-2-9-24-23-17-8-7-14-15(10-22-11-16(14)17)12-3-5-13(6-4-12)18(19,20)21/h3-6,10-11,17,23H,2,7-9H2,1H3. The molecule has 1 heterocycles. The van der Waals surface area contributed by atoms with E-state index >= 15 is 0 Å². The van der Waals surface area contributed by atoms with Crippen LogP contribution in [0.1, 0.15) is 42.5 Å². The molecule has 0 saturated heterocycles. The molecule has 1 aliphatic rings. The highest BCUT2D eigenvalue weighted by molar-refractivity contribution is 7.97. The predicted molar refractivity (Wildman–Crippen MR) is 91.6 cm³/mol. The lowest BCUT2D eigenvalue weighted by molar-refractivity contribution is -0.137. The fourth-order valence-corrected chi connectivity index (χ4v) is 3.77. The zero-order valence-electron chi connectivity index (χ0n) is 13.4. The molecule has 3 rings (SSSR count). The van der Waals surface area contributed by atoms with Gasteiger partial charge in [-0.15, -0.1) is 0 Å². The SMILES string of the molecule is CCCSNC1CCc2c(-c3ccc(C(F)(F)F)cc3)cncc21. The Morgan fingerprint density at radius 3 is 2.62 bits per heavy atom. The second-order valence-corrected chi connectivity index (χ2v) is 6.82. The third-order valence-corrected chi connectivity index (χ3v) is 5.27. The lowest BCUT2D eigenvalue weighted by atomic mass is 9.98. The average Bonchev–Trinajstić information content (AvgIpc) is 2.98. The molecule has 6 heteroatoms. The Labute approximate surface area is 144 Å². The molecule has 1 N–H and O–H groups in total. The predicted octanol–water partition coefficient (Wildman–Crippen LogP) is 5.40. The molecule has 0 saturated carbocycles. The van der Waals surface area contributed by atoms with Crippen LogP contribution < -0.4 is 4.72 Å². The van der Waals surface area contributed by atoms with Gasteiger partial charge in [-0.05, 0) is 48.1 Å². The first kappa shape index (κ1) is 17.3. The molecule has 1 atom stereocenters. The van der Waals surface area contributed by atoms with Crippen LogP contribution in [0.5, 0.6) is 0 Å². The third kappa shape index (κ3) is 3.59. The Hall–Kier alpha value is -1.53. The second-order valence-electron chi connectivity index (χ2n) is 5.89. The smallest absolute Gasteiger partial charge is 0.264 e. The summed E-state index contributed by atoms with van der Waals surface area (Å²) < 4.78 is 41.6. The summed E-state index contributed by atoms with van der Waals surface area (Å²) >= 11 is 1.72. The summed E-state index contributed by atoms with van der Waals surface area (Å²) in [6.07, 6.45) is 2.34. The van der Waals surface area contributed by atoms with Gasteiger partial charge in [0, 0.05) is 29.8 Å². The highest BCUT2D eigenvalue weighted by Crippen LogP contribution is 2.38. The molecule has 1 unspecified atom stereocenters. The number of pyridine rings is 1. The Morgan fingerprint density at radius 2 is 1.96 bits per heavy atom. The van der Waals surface area contributed by atoms with Gasteiger partial charge in [-0.3, -0.25) is 9.71 Å². The Bertz CT molecular complexity index is 698. The van der Waals surface area contributed by atoms with Crippen molar-refractivity contribution < 1.29 is 13.2 Å². The Balaban J connectivity index is 1.86. The van der Waals surface area contributed by atoms with E-state index in [0.29, 0.717) is 0 Å². The molecule has 2 nitrogen and oxygen atoms in total. The third-order valence-electron chi connectivity index (χ3n) is 4.20. The largest absolute Gasteiger partial charge is 0.416 e. The maximum atomic E-state index is 12.7. The fourth-order valence-electron chi connectivity index (χ4n) is 3.00. The number of benzene rings is 1. The number of rotatable bonds is 5. The first-order valence-electron chi connectivity index (χ1n) is 8.02. The quantitative estimate of drug-likeness (QED) is 0.576. The number of hydrogen-bond acceptors (Lipinski definition) is 3. The molecule has 1 aromatic heterocycles. The van der Waals surface area contributed by atoms with Crippen molar-refractivity contribution in [1.29, 1.82) is 0 Å². The monoisotopic (exact) mass is 352 g/mol. The summed E-state index contributed by atoms with van der Waals surface area (Å²) in [4.78, 5) is 4.31. The van der Waals surface area contributed by atoms with Crippen LogP contribution in [0.15, 0.2) is 36.7 Å². The lowest BCUT2D eigenvalue weighted by Gasteiger charge is -2.14. The van der Waals surface area contributed by atoms with E-state index in [1.165, 1.54) is 17.7 Å². The maximum absolute atomic E-state index is 12.7. The minimum atomic E-state index is -4.30. The molecule has 1 aromatic carbocycles. The van der Waals surface area contributed by atoms with E-state index in [1.54, 1.807) is 18.1 Å². The van der Waals surface area contributed by atoms with Crippen LogP contribution in [-0.4, -0.2) is 10.7 Å². The van der Waals surface area contributed by atoms with Crippen LogP contribution in [0, 0.1) is 0 Å². The van der Waals surface area contributed by atoms with Gasteiger partial charge in [-0.1, -0.05) is 31.0 Å². The van der Waals surface area contributed by atoms with Crippen LogP contribution in [-0.2, 0) is 12.6 Å². The van der Waals surface area contributed by atoms with E-state index in [-0.39, 0.29) is 6.04 Å². The van der Waals surface area contributed by atoms with Crippen molar-refractivity contribution in [2.75, 3.05) is 5.75 Å². The molecule has 0 spiro atoms. The summed E-state index contributed by atoms with van der Waals surface area (Å²) in [5.74, 6) is 1.05. The van der Waals surface area contributed by atoms with Crippen LogP contribution in [0.2, 0.25) is 0 Å². The van der Waals surface area contributed by atoms with E-state index in [2.05, 4.69) is 16.6 Å². The van der Waals surface area contributed by atoms with Crippen LogP contribution in [0.25, 0.3) is 11.1 Å². The average molecular weight is 352 g/mol. The van der Waals surface area contributed by atoms with Crippen molar-refractivity contribution in [3.05, 3.63) is 53.3 Å². The van der Waals surface area contributed by atoms with E-state index in [9.17, 15) is 13.2 Å². The van der Waals surface area contributed by atoms with Crippen molar-refractivity contribution >= 4 is 11.9 Å². The van der Waals surface area contributed by atoms with E-state index in [4.69, 9.17) is 0 Å². The topological polar surface area (TPSA) is 24.9 Å². The first-order valence-corrected chi connectivity index (χ1v) is 9.01. The maximum Gasteiger partial charge on any atom is 0.416 e. The lowest BCUT2D eigenvalue weighted by Crippen LogP contribution is -2.11. The van der Waals surface area contributed by atoms with Crippen molar-refractivity contribution in [3.8, 4) is 11.1 Å². The molecule has 0 aliphatic heterocycles. The fraction of sp³-hybridized carbons (Fsp3) is 0.389. The van der Waals surface area contributed by atoms with Gasteiger partial charge in [0.2, 0.25) is 0 Å². The first-order chi connectivity index (χ1) is 11.5. The normalized spacial score (nSPS) is 17.1.